The molecule has 1 aliphatic rings. The number of hydrogen-bond acceptors (Lipinski definition) is 4. The second-order valence-electron chi connectivity index (χ2n) is 7.17. The molecule has 0 radical (unpaired) electrons. The molecule has 1 aliphatic heterocycles. The van der Waals surface area contributed by atoms with Gasteiger partial charge in [0.1, 0.15) is 18.0 Å². The average Bonchev–Trinajstić information content (AvgIpc) is 2.87. The number of nitrogens with zero attached hydrogens (tertiary/aromatic N) is 5. The van der Waals surface area contributed by atoms with Crippen molar-refractivity contribution in [1.82, 2.24) is 19.5 Å². The zero-order valence-corrected chi connectivity index (χ0v) is 13.8. The molecule has 5 heteroatoms. The molecule has 3 aromatic rings. The lowest BCUT2D eigenvalue weighted by molar-refractivity contribution is 0.371. The van der Waals surface area contributed by atoms with Crippen molar-refractivity contribution in [3.05, 3.63) is 48.7 Å². The zero-order valence-electron chi connectivity index (χ0n) is 13.8. The van der Waals surface area contributed by atoms with Crippen LogP contribution >= 0.6 is 0 Å². The summed E-state index contributed by atoms with van der Waals surface area (Å²) in [6, 6.07) is 10.8. The van der Waals surface area contributed by atoms with Gasteiger partial charge in [0.25, 0.3) is 0 Å². The molecule has 4 rings (SSSR count). The van der Waals surface area contributed by atoms with Gasteiger partial charge in [-0.05, 0) is 18.2 Å². The van der Waals surface area contributed by atoms with Crippen LogP contribution in [0.15, 0.2) is 42.9 Å². The number of imidazole rings is 1. The topological polar surface area (TPSA) is 46.8 Å². The van der Waals surface area contributed by atoms with E-state index in [1.54, 1.807) is 12.5 Å². The van der Waals surface area contributed by atoms with Crippen molar-refractivity contribution in [1.29, 1.82) is 0 Å². The van der Waals surface area contributed by atoms with Crippen molar-refractivity contribution in [2.75, 3.05) is 18.0 Å². The Kier molecular flexibility index (Phi) is 3.11. The number of rotatable bonds is 2. The van der Waals surface area contributed by atoms with Crippen LogP contribution in [0.1, 0.15) is 32.6 Å². The minimum atomic E-state index is 0.0222. The third-order valence-electron chi connectivity index (χ3n) is 4.38. The van der Waals surface area contributed by atoms with E-state index in [-0.39, 0.29) is 5.41 Å². The quantitative estimate of drug-likeness (QED) is 0.729. The Morgan fingerprint density at radius 1 is 1.09 bits per heavy atom. The SMILES string of the molecule is CC(C)(C)c1nc2ccccc2n1C1CN(c2ccncn2)C1. The Morgan fingerprint density at radius 2 is 1.87 bits per heavy atom. The van der Waals surface area contributed by atoms with Gasteiger partial charge in [0, 0.05) is 24.7 Å². The van der Waals surface area contributed by atoms with Crippen LogP contribution < -0.4 is 4.90 Å². The molecule has 23 heavy (non-hydrogen) atoms. The predicted octanol–water partition coefficient (Wildman–Crippen LogP) is 3.19. The van der Waals surface area contributed by atoms with E-state index >= 15 is 0 Å². The maximum atomic E-state index is 4.90. The van der Waals surface area contributed by atoms with Gasteiger partial charge in [-0.3, -0.25) is 0 Å². The number of benzene rings is 1. The Bertz CT molecular complexity index is 825. The van der Waals surface area contributed by atoms with Gasteiger partial charge in [0.05, 0.1) is 17.1 Å². The van der Waals surface area contributed by atoms with Crippen molar-refractivity contribution in [3.8, 4) is 0 Å². The first-order valence-electron chi connectivity index (χ1n) is 8.02. The Morgan fingerprint density at radius 3 is 2.57 bits per heavy atom. The lowest BCUT2D eigenvalue weighted by Crippen LogP contribution is -2.49. The maximum Gasteiger partial charge on any atom is 0.132 e. The second kappa shape index (κ2) is 5.05. The molecular weight excluding hydrogens is 286 g/mol. The number of anilines is 1. The van der Waals surface area contributed by atoms with Crippen LogP contribution in [0.3, 0.4) is 0 Å². The standard InChI is InChI=1S/C18H21N5/c1-18(2,3)17-21-14-6-4-5-7-15(14)23(17)13-10-22(11-13)16-8-9-19-12-20-16/h4-9,12-13H,10-11H2,1-3H3. The molecule has 0 atom stereocenters. The molecule has 1 aromatic carbocycles. The normalized spacial score (nSPS) is 15.9. The van der Waals surface area contributed by atoms with Crippen molar-refractivity contribution < 1.29 is 0 Å². The second-order valence-corrected chi connectivity index (χ2v) is 7.17. The maximum absolute atomic E-state index is 4.90. The highest BCUT2D eigenvalue weighted by molar-refractivity contribution is 5.76. The highest BCUT2D eigenvalue weighted by Gasteiger charge is 2.34. The molecule has 0 spiro atoms. The summed E-state index contributed by atoms with van der Waals surface area (Å²) in [6.07, 6.45) is 3.40. The molecule has 0 unspecified atom stereocenters. The van der Waals surface area contributed by atoms with Gasteiger partial charge in [0.15, 0.2) is 0 Å². The fraction of sp³-hybridized carbons (Fsp3) is 0.389. The lowest BCUT2D eigenvalue weighted by Gasteiger charge is -2.42. The van der Waals surface area contributed by atoms with Crippen LogP contribution in [-0.2, 0) is 5.41 Å². The number of aromatic nitrogens is 4. The van der Waals surface area contributed by atoms with E-state index in [0.29, 0.717) is 6.04 Å². The van der Waals surface area contributed by atoms with Crippen LogP contribution in [0.25, 0.3) is 11.0 Å². The van der Waals surface area contributed by atoms with Crippen LogP contribution in [-0.4, -0.2) is 32.6 Å². The highest BCUT2D eigenvalue weighted by Crippen LogP contribution is 2.34. The number of fused-ring (bicyclic) bond motifs is 1. The van der Waals surface area contributed by atoms with Crippen molar-refractivity contribution in [2.45, 2.75) is 32.2 Å². The fourth-order valence-electron chi connectivity index (χ4n) is 3.22. The van der Waals surface area contributed by atoms with E-state index in [4.69, 9.17) is 4.98 Å². The molecule has 0 amide bonds. The summed E-state index contributed by atoms with van der Waals surface area (Å²) in [4.78, 5) is 15.5. The van der Waals surface area contributed by atoms with Gasteiger partial charge in [0.2, 0.25) is 0 Å². The first-order valence-corrected chi connectivity index (χ1v) is 8.02. The van der Waals surface area contributed by atoms with E-state index in [1.807, 2.05) is 6.07 Å². The van der Waals surface area contributed by atoms with E-state index in [2.05, 4.69) is 64.5 Å². The third kappa shape index (κ3) is 2.36. The Labute approximate surface area is 136 Å². The molecule has 1 saturated heterocycles. The Balaban J connectivity index is 1.70. The molecule has 118 valence electrons. The van der Waals surface area contributed by atoms with Crippen LogP contribution in [0.2, 0.25) is 0 Å². The summed E-state index contributed by atoms with van der Waals surface area (Å²) in [5.74, 6) is 2.16. The molecule has 0 bridgehead atoms. The van der Waals surface area contributed by atoms with E-state index < -0.39 is 0 Å². The van der Waals surface area contributed by atoms with E-state index in [0.717, 1.165) is 30.2 Å². The summed E-state index contributed by atoms with van der Waals surface area (Å²) in [6.45, 7) is 8.60. The van der Waals surface area contributed by atoms with Crippen molar-refractivity contribution in [2.24, 2.45) is 0 Å². The minimum Gasteiger partial charge on any atom is -0.352 e. The molecule has 1 fully saturated rings. The van der Waals surface area contributed by atoms with Gasteiger partial charge in [-0.25, -0.2) is 15.0 Å². The lowest BCUT2D eigenvalue weighted by atomic mass is 9.94. The van der Waals surface area contributed by atoms with E-state index in [1.165, 1.54) is 5.52 Å². The summed E-state index contributed by atoms with van der Waals surface area (Å²) >= 11 is 0. The molecule has 0 aliphatic carbocycles. The van der Waals surface area contributed by atoms with Crippen molar-refractivity contribution in [3.63, 3.8) is 0 Å². The van der Waals surface area contributed by atoms with Gasteiger partial charge in [-0.15, -0.1) is 0 Å². The highest BCUT2D eigenvalue weighted by atomic mass is 15.3. The number of hydrogen-bond donors (Lipinski definition) is 0. The zero-order chi connectivity index (χ0) is 16.0. The van der Waals surface area contributed by atoms with Gasteiger partial charge < -0.3 is 9.47 Å². The van der Waals surface area contributed by atoms with Crippen LogP contribution in [0.4, 0.5) is 5.82 Å². The molecular formula is C18H21N5. The third-order valence-corrected chi connectivity index (χ3v) is 4.38. The van der Waals surface area contributed by atoms with Gasteiger partial charge in [-0.2, -0.15) is 0 Å². The molecule has 0 N–H and O–H groups in total. The van der Waals surface area contributed by atoms with Gasteiger partial charge >= 0.3 is 0 Å². The molecule has 3 heterocycles. The fourth-order valence-corrected chi connectivity index (χ4v) is 3.22. The molecule has 5 nitrogen and oxygen atoms in total. The molecule has 2 aromatic heterocycles. The van der Waals surface area contributed by atoms with Crippen LogP contribution in [0.5, 0.6) is 0 Å². The Hall–Kier alpha value is -2.43. The van der Waals surface area contributed by atoms with Gasteiger partial charge in [-0.1, -0.05) is 32.9 Å². The van der Waals surface area contributed by atoms with E-state index in [9.17, 15) is 0 Å². The summed E-state index contributed by atoms with van der Waals surface area (Å²) < 4.78 is 2.42. The number of para-hydroxylation sites is 2. The smallest absolute Gasteiger partial charge is 0.132 e. The molecule has 0 saturated carbocycles. The monoisotopic (exact) mass is 307 g/mol. The van der Waals surface area contributed by atoms with Crippen molar-refractivity contribution >= 4 is 16.9 Å². The summed E-state index contributed by atoms with van der Waals surface area (Å²) in [5, 5.41) is 0. The van der Waals surface area contributed by atoms with Crippen LogP contribution in [0, 0.1) is 0 Å². The first-order chi connectivity index (χ1) is 11.0. The average molecular weight is 307 g/mol. The minimum absolute atomic E-state index is 0.0222. The summed E-state index contributed by atoms with van der Waals surface area (Å²) in [7, 11) is 0. The first kappa shape index (κ1) is 14.2. The summed E-state index contributed by atoms with van der Waals surface area (Å²) in [5.41, 5.74) is 2.33. The predicted molar refractivity (Wildman–Crippen MR) is 91.7 cm³/mol. The largest absolute Gasteiger partial charge is 0.352 e.